The highest BCUT2D eigenvalue weighted by atomic mass is 16.6. The highest BCUT2D eigenvalue weighted by Crippen LogP contribution is 2.74. The maximum absolute atomic E-state index is 12.8. The Kier molecular flexibility index (Phi) is 5.71. The van der Waals surface area contributed by atoms with Crippen LogP contribution in [0.15, 0.2) is 11.8 Å². The molecule has 0 amide bonds. The Hall–Kier alpha value is -1.56. The zero-order chi connectivity index (χ0) is 25.6. The maximum Gasteiger partial charge on any atom is 0.347 e. The van der Waals surface area contributed by atoms with E-state index in [-0.39, 0.29) is 28.6 Å². The van der Waals surface area contributed by atoms with Crippen LogP contribution in [-0.4, -0.2) is 42.5 Å². The molecule has 0 spiro atoms. The molecular formula is C29H44O6. The number of rotatable bonds is 2. The normalized spacial score (nSPS) is 49.8. The second kappa shape index (κ2) is 7.97. The third kappa shape index (κ3) is 3.30. The number of esters is 2. The Morgan fingerprint density at radius 3 is 2.34 bits per heavy atom. The van der Waals surface area contributed by atoms with Gasteiger partial charge in [0.2, 0.25) is 6.10 Å². The number of fused-ring (bicyclic) bond motifs is 7. The van der Waals surface area contributed by atoms with Gasteiger partial charge in [0.1, 0.15) is 6.10 Å². The lowest BCUT2D eigenvalue weighted by atomic mass is 9.34. The quantitative estimate of drug-likeness (QED) is 0.549. The van der Waals surface area contributed by atoms with Crippen molar-refractivity contribution in [2.24, 2.45) is 45.3 Å². The molecule has 4 fully saturated rings. The summed E-state index contributed by atoms with van der Waals surface area (Å²) in [6.45, 7) is 13.4. The summed E-state index contributed by atoms with van der Waals surface area (Å²) in [5.74, 6) is -0.0365. The molecule has 1 aliphatic heterocycles. The summed E-state index contributed by atoms with van der Waals surface area (Å²) in [6, 6.07) is 0. The van der Waals surface area contributed by atoms with Crippen molar-refractivity contribution in [1.82, 2.24) is 0 Å². The summed E-state index contributed by atoms with van der Waals surface area (Å²) in [5.41, 5.74) is 0.681. The molecule has 0 saturated heterocycles. The smallest absolute Gasteiger partial charge is 0.347 e. The molecule has 6 nitrogen and oxygen atoms in total. The van der Waals surface area contributed by atoms with Crippen molar-refractivity contribution in [1.29, 1.82) is 0 Å². The summed E-state index contributed by atoms with van der Waals surface area (Å²) in [4.78, 5) is 24.9. The third-order valence-electron chi connectivity index (χ3n) is 11.8. The molecular weight excluding hydrogens is 444 g/mol. The van der Waals surface area contributed by atoms with E-state index >= 15 is 0 Å². The van der Waals surface area contributed by atoms with E-state index < -0.39 is 29.7 Å². The lowest BCUT2D eigenvalue weighted by Crippen LogP contribution is -2.68. The number of ether oxygens (including phenoxy) is 3. The van der Waals surface area contributed by atoms with Crippen LogP contribution in [0.4, 0.5) is 0 Å². The summed E-state index contributed by atoms with van der Waals surface area (Å²) in [7, 11) is 1.37. The van der Waals surface area contributed by atoms with Crippen molar-refractivity contribution in [3.63, 3.8) is 0 Å². The monoisotopic (exact) mass is 488 g/mol. The van der Waals surface area contributed by atoms with E-state index in [1.54, 1.807) is 6.26 Å². The molecule has 0 aromatic rings. The molecule has 4 saturated carbocycles. The molecule has 4 aliphatic carbocycles. The first-order valence-corrected chi connectivity index (χ1v) is 13.6. The fourth-order valence-corrected chi connectivity index (χ4v) is 10.4. The van der Waals surface area contributed by atoms with Crippen molar-refractivity contribution in [3.8, 4) is 0 Å². The van der Waals surface area contributed by atoms with Crippen molar-refractivity contribution >= 4 is 11.9 Å². The number of carbonyl (C=O) groups is 2. The predicted molar refractivity (Wildman–Crippen MR) is 131 cm³/mol. The van der Waals surface area contributed by atoms with E-state index in [1.807, 2.05) is 0 Å². The molecule has 1 heterocycles. The van der Waals surface area contributed by atoms with E-state index in [0.717, 1.165) is 18.4 Å². The SMILES string of the molecule is COC(=O)[C@H]1OC=C2[C@H]1[C@@]1(C)C(C[C@H]2OC(C)=O)[C@@]2(C)CCC3C(C)(C)CCC[C@@]3(C)C2C[C@@H]1O. The molecule has 0 aromatic carbocycles. The lowest BCUT2D eigenvalue weighted by molar-refractivity contribution is -0.250. The summed E-state index contributed by atoms with van der Waals surface area (Å²) in [6.07, 6.45) is 7.13. The summed E-state index contributed by atoms with van der Waals surface area (Å²) in [5, 5.41) is 12.0. The fraction of sp³-hybridized carbons (Fsp3) is 0.862. The number of methoxy groups -OCH3 is 1. The second-order valence-corrected chi connectivity index (χ2v) is 13.7. The van der Waals surface area contributed by atoms with Crippen LogP contribution in [0, 0.1) is 45.3 Å². The number of hydrogen-bond donors (Lipinski definition) is 1. The minimum atomic E-state index is -0.823. The standard InChI is InChI=1S/C29H44O6/c1-16(30)35-18-13-21-28(5)12-9-19-26(2,3)10-8-11-27(19,4)20(28)14-22(31)29(21,6)23-17(18)15-34-24(23)25(32)33-7/h15,18-24,31H,8-14H2,1-7H3/t18-,19?,20?,21?,22+,23-,24+,27-,28+,29+/m1/s1. The van der Waals surface area contributed by atoms with Gasteiger partial charge in [-0.05, 0) is 72.5 Å². The van der Waals surface area contributed by atoms with Crippen LogP contribution in [0.3, 0.4) is 0 Å². The van der Waals surface area contributed by atoms with E-state index in [1.165, 1.54) is 39.7 Å². The molecule has 5 rings (SSSR count). The fourth-order valence-electron chi connectivity index (χ4n) is 10.4. The van der Waals surface area contributed by atoms with Crippen molar-refractivity contribution in [2.75, 3.05) is 7.11 Å². The van der Waals surface area contributed by atoms with E-state index in [4.69, 9.17) is 14.2 Å². The zero-order valence-electron chi connectivity index (χ0n) is 22.6. The maximum atomic E-state index is 12.8. The number of aliphatic hydroxyl groups excluding tert-OH is 1. The highest BCUT2D eigenvalue weighted by molar-refractivity contribution is 5.77. The molecule has 196 valence electrons. The van der Waals surface area contributed by atoms with Crippen LogP contribution < -0.4 is 0 Å². The van der Waals surface area contributed by atoms with Gasteiger partial charge < -0.3 is 19.3 Å². The largest absolute Gasteiger partial charge is 0.486 e. The second-order valence-electron chi connectivity index (χ2n) is 13.7. The average Bonchev–Trinajstić information content (AvgIpc) is 3.22. The van der Waals surface area contributed by atoms with E-state index in [9.17, 15) is 14.7 Å². The van der Waals surface area contributed by atoms with Crippen LogP contribution in [0.2, 0.25) is 0 Å². The van der Waals surface area contributed by atoms with Gasteiger partial charge in [-0.3, -0.25) is 4.79 Å². The van der Waals surface area contributed by atoms with Crippen molar-refractivity contribution in [2.45, 2.75) is 105 Å². The minimum absolute atomic E-state index is 0.0279. The summed E-state index contributed by atoms with van der Waals surface area (Å²) >= 11 is 0. The van der Waals surface area contributed by atoms with E-state index in [2.05, 4.69) is 34.6 Å². The Labute approximate surface area is 210 Å². The van der Waals surface area contributed by atoms with Gasteiger partial charge in [0.05, 0.1) is 19.5 Å². The molecule has 1 N–H and O–H groups in total. The molecule has 3 unspecified atom stereocenters. The molecule has 0 radical (unpaired) electrons. The van der Waals surface area contributed by atoms with Gasteiger partial charge in [0.15, 0.2) is 0 Å². The highest BCUT2D eigenvalue weighted by Gasteiger charge is 2.71. The van der Waals surface area contributed by atoms with Crippen LogP contribution in [0.25, 0.3) is 0 Å². The number of carbonyl (C=O) groups excluding carboxylic acids is 2. The molecule has 35 heavy (non-hydrogen) atoms. The van der Waals surface area contributed by atoms with Gasteiger partial charge in [-0.25, -0.2) is 4.79 Å². The predicted octanol–water partition coefficient (Wildman–Crippen LogP) is 5.03. The first kappa shape index (κ1) is 25.1. The van der Waals surface area contributed by atoms with Gasteiger partial charge in [-0.15, -0.1) is 0 Å². The average molecular weight is 489 g/mol. The first-order chi connectivity index (χ1) is 16.3. The molecule has 10 atom stereocenters. The van der Waals surface area contributed by atoms with Gasteiger partial charge in [0.25, 0.3) is 0 Å². The molecule has 0 bridgehead atoms. The number of aliphatic hydroxyl groups is 1. The Morgan fingerprint density at radius 1 is 1.00 bits per heavy atom. The molecule has 6 heteroatoms. The number of hydrogen-bond acceptors (Lipinski definition) is 6. The molecule has 0 aromatic heterocycles. The van der Waals surface area contributed by atoms with Gasteiger partial charge >= 0.3 is 11.9 Å². The van der Waals surface area contributed by atoms with Crippen molar-refractivity contribution < 1.29 is 28.9 Å². The van der Waals surface area contributed by atoms with Gasteiger partial charge in [-0.1, -0.05) is 41.0 Å². The van der Waals surface area contributed by atoms with E-state index in [0.29, 0.717) is 23.7 Å². The van der Waals surface area contributed by atoms with Crippen LogP contribution in [0.1, 0.15) is 86.5 Å². The topological polar surface area (TPSA) is 82.1 Å². The minimum Gasteiger partial charge on any atom is -0.486 e. The van der Waals surface area contributed by atoms with Crippen molar-refractivity contribution in [3.05, 3.63) is 11.8 Å². The van der Waals surface area contributed by atoms with Crippen LogP contribution in [-0.2, 0) is 23.8 Å². The van der Waals surface area contributed by atoms with Crippen LogP contribution in [0.5, 0.6) is 0 Å². The van der Waals surface area contributed by atoms with Gasteiger partial charge in [0, 0.05) is 23.8 Å². The first-order valence-electron chi connectivity index (χ1n) is 13.6. The lowest BCUT2D eigenvalue weighted by Gasteiger charge is -2.71. The Bertz CT molecular complexity index is 939. The Balaban J connectivity index is 1.61. The molecule has 5 aliphatic rings. The zero-order valence-corrected chi connectivity index (χ0v) is 22.6. The van der Waals surface area contributed by atoms with Gasteiger partial charge in [-0.2, -0.15) is 0 Å². The van der Waals surface area contributed by atoms with Crippen LogP contribution >= 0.6 is 0 Å². The third-order valence-corrected chi connectivity index (χ3v) is 11.8. The summed E-state index contributed by atoms with van der Waals surface area (Å²) < 4.78 is 16.9. The Morgan fingerprint density at radius 2 is 1.69 bits per heavy atom.